The summed E-state index contributed by atoms with van der Waals surface area (Å²) < 4.78 is 15.9. The molecule has 0 radical (unpaired) electrons. The van der Waals surface area contributed by atoms with E-state index in [-0.39, 0.29) is 12.7 Å². The second kappa shape index (κ2) is 7.73. The van der Waals surface area contributed by atoms with E-state index in [9.17, 15) is 4.79 Å². The monoisotopic (exact) mass is 327 g/mol. The van der Waals surface area contributed by atoms with Crippen LogP contribution in [0.2, 0.25) is 0 Å². The van der Waals surface area contributed by atoms with Gasteiger partial charge in [-0.25, -0.2) is 0 Å². The van der Waals surface area contributed by atoms with Crippen molar-refractivity contribution in [3.8, 4) is 17.2 Å². The van der Waals surface area contributed by atoms with Crippen LogP contribution in [0.1, 0.15) is 17.5 Å². The highest BCUT2D eigenvalue weighted by Crippen LogP contribution is 2.32. The third-order valence-electron chi connectivity index (χ3n) is 3.99. The van der Waals surface area contributed by atoms with Gasteiger partial charge >= 0.3 is 0 Å². The minimum absolute atomic E-state index is 0.0432. The Kier molecular flexibility index (Phi) is 5.21. The van der Waals surface area contributed by atoms with Crippen LogP contribution in [0.25, 0.3) is 0 Å². The number of methoxy groups -OCH3 is 1. The maximum atomic E-state index is 12.0. The van der Waals surface area contributed by atoms with Crippen molar-refractivity contribution in [2.24, 2.45) is 0 Å². The molecular weight excluding hydrogens is 306 g/mol. The number of ether oxygens (including phenoxy) is 3. The average molecular weight is 327 g/mol. The molecule has 0 saturated heterocycles. The first-order chi connectivity index (χ1) is 11.8. The summed E-state index contributed by atoms with van der Waals surface area (Å²) in [7, 11) is 1.64. The van der Waals surface area contributed by atoms with Gasteiger partial charge in [0.2, 0.25) is 12.7 Å². The largest absolute Gasteiger partial charge is 0.496 e. The van der Waals surface area contributed by atoms with Crippen LogP contribution in [0.4, 0.5) is 0 Å². The van der Waals surface area contributed by atoms with Crippen LogP contribution in [0.5, 0.6) is 17.2 Å². The predicted octanol–water partition coefficient (Wildman–Crippen LogP) is 2.72. The van der Waals surface area contributed by atoms with Crippen molar-refractivity contribution < 1.29 is 19.0 Å². The molecule has 0 fully saturated rings. The Morgan fingerprint density at radius 1 is 1.12 bits per heavy atom. The van der Waals surface area contributed by atoms with E-state index in [1.165, 1.54) is 0 Å². The minimum atomic E-state index is 0.0432. The van der Waals surface area contributed by atoms with Crippen LogP contribution >= 0.6 is 0 Å². The number of rotatable bonds is 7. The molecule has 24 heavy (non-hydrogen) atoms. The topological polar surface area (TPSA) is 56.8 Å². The zero-order valence-corrected chi connectivity index (χ0v) is 13.7. The molecule has 126 valence electrons. The Bertz CT molecular complexity index is 714. The quantitative estimate of drug-likeness (QED) is 0.849. The lowest BCUT2D eigenvalue weighted by atomic mass is 10.1. The second-order valence-corrected chi connectivity index (χ2v) is 5.60. The van der Waals surface area contributed by atoms with E-state index in [4.69, 9.17) is 14.2 Å². The Hall–Kier alpha value is -2.69. The van der Waals surface area contributed by atoms with Crippen molar-refractivity contribution in [1.29, 1.82) is 0 Å². The van der Waals surface area contributed by atoms with E-state index in [0.29, 0.717) is 19.4 Å². The first kappa shape index (κ1) is 16.2. The fraction of sp³-hybridized carbons (Fsp3) is 0.316. The smallest absolute Gasteiger partial charge is 0.231 e. The summed E-state index contributed by atoms with van der Waals surface area (Å²) in [5, 5.41) is 2.95. The molecular formula is C19H21NO4. The van der Waals surface area contributed by atoms with Gasteiger partial charge in [-0.15, -0.1) is 0 Å². The molecule has 0 saturated carbocycles. The summed E-state index contributed by atoms with van der Waals surface area (Å²) in [5.41, 5.74) is 2.16. The SMILES string of the molecule is COc1ccccc1CCC(=O)NCCc1ccc2c(c1)OCO2. The van der Waals surface area contributed by atoms with Crippen LogP contribution in [0.3, 0.4) is 0 Å². The molecule has 3 rings (SSSR count). The molecule has 1 amide bonds. The number of hydrogen-bond acceptors (Lipinski definition) is 4. The highest BCUT2D eigenvalue weighted by molar-refractivity contribution is 5.76. The van der Waals surface area contributed by atoms with E-state index >= 15 is 0 Å². The van der Waals surface area contributed by atoms with Crippen LogP contribution in [-0.2, 0) is 17.6 Å². The number of aryl methyl sites for hydroxylation is 1. The van der Waals surface area contributed by atoms with E-state index in [1.54, 1.807) is 7.11 Å². The molecule has 5 nitrogen and oxygen atoms in total. The molecule has 2 aromatic carbocycles. The van der Waals surface area contributed by atoms with Gasteiger partial charge in [0.05, 0.1) is 7.11 Å². The number of carbonyl (C=O) groups excluding carboxylic acids is 1. The predicted molar refractivity (Wildman–Crippen MR) is 90.6 cm³/mol. The van der Waals surface area contributed by atoms with Crippen molar-refractivity contribution >= 4 is 5.91 Å². The molecule has 2 aromatic rings. The lowest BCUT2D eigenvalue weighted by Gasteiger charge is -2.09. The highest BCUT2D eigenvalue weighted by Gasteiger charge is 2.13. The van der Waals surface area contributed by atoms with Crippen molar-refractivity contribution in [2.75, 3.05) is 20.4 Å². The number of nitrogens with one attached hydrogen (secondary N) is 1. The van der Waals surface area contributed by atoms with Crippen molar-refractivity contribution in [3.63, 3.8) is 0 Å². The van der Waals surface area contributed by atoms with Crippen molar-refractivity contribution in [1.82, 2.24) is 5.32 Å². The second-order valence-electron chi connectivity index (χ2n) is 5.60. The Morgan fingerprint density at radius 2 is 1.96 bits per heavy atom. The van der Waals surface area contributed by atoms with Crippen molar-refractivity contribution in [3.05, 3.63) is 53.6 Å². The number of amides is 1. The zero-order valence-electron chi connectivity index (χ0n) is 13.7. The van der Waals surface area contributed by atoms with Crippen LogP contribution in [0.15, 0.2) is 42.5 Å². The number of para-hydroxylation sites is 1. The third kappa shape index (κ3) is 3.98. The Balaban J connectivity index is 1.43. The number of benzene rings is 2. The highest BCUT2D eigenvalue weighted by atomic mass is 16.7. The molecule has 1 heterocycles. The average Bonchev–Trinajstić information content (AvgIpc) is 3.08. The Morgan fingerprint density at radius 3 is 2.83 bits per heavy atom. The molecule has 0 aliphatic carbocycles. The van der Waals surface area contributed by atoms with Crippen molar-refractivity contribution in [2.45, 2.75) is 19.3 Å². The first-order valence-corrected chi connectivity index (χ1v) is 8.03. The van der Waals surface area contributed by atoms with E-state index in [0.717, 1.165) is 34.8 Å². The van der Waals surface area contributed by atoms with Gasteiger partial charge in [-0.3, -0.25) is 4.79 Å². The molecule has 0 unspecified atom stereocenters. The molecule has 0 aromatic heterocycles. The third-order valence-corrected chi connectivity index (χ3v) is 3.99. The van der Waals surface area contributed by atoms with Crippen LogP contribution in [0, 0.1) is 0 Å². The summed E-state index contributed by atoms with van der Waals surface area (Å²) in [6.07, 6.45) is 1.87. The lowest BCUT2D eigenvalue weighted by molar-refractivity contribution is -0.121. The molecule has 0 bridgehead atoms. The normalized spacial score (nSPS) is 12.0. The van der Waals surface area contributed by atoms with Gasteiger partial charge in [0.1, 0.15) is 5.75 Å². The first-order valence-electron chi connectivity index (χ1n) is 8.03. The van der Waals surface area contributed by atoms with Gasteiger partial charge in [-0.05, 0) is 42.2 Å². The van der Waals surface area contributed by atoms with Gasteiger partial charge < -0.3 is 19.5 Å². The minimum Gasteiger partial charge on any atom is -0.496 e. The van der Waals surface area contributed by atoms with E-state index in [2.05, 4.69) is 5.32 Å². The summed E-state index contributed by atoms with van der Waals surface area (Å²) in [4.78, 5) is 12.0. The summed E-state index contributed by atoms with van der Waals surface area (Å²) in [6.45, 7) is 0.878. The number of hydrogen-bond donors (Lipinski definition) is 1. The van der Waals surface area contributed by atoms with Gasteiger partial charge in [-0.1, -0.05) is 24.3 Å². The standard InChI is InChI=1S/C19H21NO4/c1-22-16-5-3-2-4-15(16)7-9-19(21)20-11-10-14-6-8-17-18(12-14)24-13-23-17/h2-6,8,12H,7,9-11,13H2,1H3,(H,20,21). The van der Waals surface area contributed by atoms with Gasteiger partial charge in [0, 0.05) is 13.0 Å². The zero-order chi connectivity index (χ0) is 16.8. The molecule has 1 aliphatic rings. The van der Waals surface area contributed by atoms with Gasteiger partial charge in [0.25, 0.3) is 0 Å². The van der Waals surface area contributed by atoms with E-state index < -0.39 is 0 Å². The molecule has 1 N–H and O–H groups in total. The van der Waals surface area contributed by atoms with Gasteiger partial charge in [0.15, 0.2) is 11.5 Å². The lowest BCUT2D eigenvalue weighted by Crippen LogP contribution is -2.25. The Labute approximate surface area is 141 Å². The van der Waals surface area contributed by atoms with Crippen LogP contribution < -0.4 is 19.5 Å². The van der Waals surface area contributed by atoms with Gasteiger partial charge in [-0.2, -0.15) is 0 Å². The maximum Gasteiger partial charge on any atom is 0.231 e. The molecule has 1 aliphatic heterocycles. The molecule has 0 atom stereocenters. The number of carbonyl (C=O) groups is 1. The summed E-state index contributed by atoms with van der Waals surface area (Å²) >= 11 is 0. The summed E-state index contributed by atoms with van der Waals surface area (Å²) in [5.74, 6) is 2.42. The number of fused-ring (bicyclic) bond motifs is 1. The fourth-order valence-corrected chi connectivity index (χ4v) is 2.69. The molecule has 5 heteroatoms. The fourth-order valence-electron chi connectivity index (χ4n) is 2.69. The summed E-state index contributed by atoms with van der Waals surface area (Å²) in [6, 6.07) is 13.6. The van der Waals surface area contributed by atoms with Crippen LogP contribution in [-0.4, -0.2) is 26.4 Å². The maximum absolute atomic E-state index is 12.0. The van der Waals surface area contributed by atoms with E-state index in [1.807, 2.05) is 42.5 Å². The molecule has 0 spiro atoms.